The fourth-order valence-electron chi connectivity index (χ4n) is 7.75. The zero-order chi connectivity index (χ0) is 32.9. The van der Waals surface area contributed by atoms with E-state index in [9.17, 15) is 19.5 Å². The van der Waals surface area contributed by atoms with Gasteiger partial charge in [-0.3, -0.25) is 10.1 Å². The number of benzene rings is 2. The van der Waals surface area contributed by atoms with Crippen molar-refractivity contribution < 1.29 is 24.2 Å². The number of hydrogen-bond acceptors (Lipinski definition) is 6. The molecule has 1 heterocycles. The number of carbonyl (C=O) groups is 3. The molecule has 2 amide bonds. The summed E-state index contributed by atoms with van der Waals surface area (Å²) in [6.07, 6.45) is 8.59. The summed E-state index contributed by atoms with van der Waals surface area (Å²) in [5, 5.41) is 19.7. The van der Waals surface area contributed by atoms with Crippen LogP contribution in [0.1, 0.15) is 107 Å². The Morgan fingerprint density at radius 1 is 1.04 bits per heavy atom. The number of carbonyl (C=O) groups excluding carboxylic acids is 3. The molecule has 0 radical (unpaired) electrons. The van der Waals surface area contributed by atoms with Crippen molar-refractivity contribution in [1.82, 2.24) is 16.0 Å². The second-order valence-electron chi connectivity index (χ2n) is 14.5. The zero-order valence-electron chi connectivity index (χ0n) is 27.4. The van der Waals surface area contributed by atoms with Gasteiger partial charge in [-0.05, 0) is 92.3 Å². The van der Waals surface area contributed by atoms with E-state index in [1.165, 1.54) is 17.5 Å². The number of aliphatic hydroxyl groups excluding tert-OH is 1. The summed E-state index contributed by atoms with van der Waals surface area (Å²) in [5.41, 5.74) is 2.46. The Morgan fingerprint density at radius 3 is 2.50 bits per heavy atom. The van der Waals surface area contributed by atoms with Gasteiger partial charge in [0, 0.05) is 16.4 Å². The molecule has 0 spiro atoms. The summed E-state index contributed by atoms with van der Waals surface area (Å²) in [6, 6.07) is 13.2. The third-order valence-corrected chi connectivity index (χ3v) is 10.8. The first-order valence-electron chi connectivity index (χ1n) is 17.0. The van der Waals surface area contributed by atoms with Gasteiger partial charge in [0.1, 0.15) is 24.2 Å². The van der Waals surface area contributed by atoms with Crippen LogP contribution in [0.25, 0.3) is 0 Å². The number of aliphatic hydroxyl groups is 1. The van der Waals surface area contributed by atoms with Gasteiger partial charge in [-0.15, -0.1) is 0 Å². The normalized spacial score (nSPS) is 22.7. The van der Waals surface area contributed by atoms with Gasteiger partial charge in [-0.25, -0.2) is 4.79 Å². The molecule has 250 valence electrons. The highest BCUT2D eigenvalue weighted by Crippen LogP contribution is 2.42. The second-order valence-corrected chi connectivity index (χ2v) is 14.9. The fourth-order valence-corrected chi connectivity index (χ4v) is 7.94. The molecule has 5 rings (SSSR count). The van der Waals surface area contributed by atoms with Crippen molar-refractivity contribution in [2.24, 2.45) is 11.8 Å². The molecule has 5 atom stereocenters. The molecule has 2 aromatic carbocycles. The standard InChI is InChI=1S/C37H50ClN3O5/c1-36(2,29-13-8-14-30(38)21-29)32(27-16-15-25-11-7-12-26(25)19-27)46-35(45)41-37(3,22-24-9-5-4-6-10-24)34(44)40-31(23-42)20-28-17-18-39-33(28)43/h8,13-16,19,21,23-24,28,31-33,39,43H,4-7,9-12,17-18,20,22H2,1-3H3,(H,40,44)(H,41,45)/t28-,31-,32?,33?,37+/m0/s1. The SMILES string of the molecule is CC(C)(c1cccc(Cl)c1)C(OC(=O)N[C@](C)(CC1CCCCC1)C(=O)N[C@H](C=O)C[C@@H]1CCNC1O)c1ccc2c(c1)CCC2. The Hall–Kier alpha value is -2.94. The average Bonchev–Trinajstić information content (AvgIpc) is 3.67. The van der Waals surface area contributed by atoms with Crippen molar-refractivity contribution in [1.29, 1.82) is 0 Å². The lowest BCUT2D eigenvalue weighted by molar-refractivity contribution is -0.130. The summed E-state index contributed by atoms with van der Waals surface area (Å²) in [4.78, 5) is 40.1. The minimum atomic E-state index is -1.31. The molecule has 2 aliphatic carbocycles. The summed E-state index contributed by atoms with van der Waals surface area (Å²) < 4.78 is 6.36. The summed E-state index contributed by atoms with van der Waals surface area (Å²) in [5.74, 6) is -0.300. The van der Waals surface area contributed by atoms with E-state index in [0.29, 0.717) is 24.4 Å². The van der Waals surface area contributed by atoms with Crippen molar-refractivity contribution in [3.63, 3.8) is 0 Å². The quantitative estimate of drug-likeness (QED) is 0.200. The fraction of sp³-hybridized carbons (Fsp3) is 0.595. The van der Waals surface area contributed by atoms with E-state index in [1.807, 2.05) is 44.2 Å². The van der Waals surface area contributed by atoms with Crippen LogP contribution in [0.4, 0.5) is 4.79 Å². The molecule has 9 heteroatoms. The molecule has 1 aliphatic heterocycles. The molecule has 2 unspecified atom stereocenters. The van der Waals surface area contributed by atoms with Gasteiger partial charge >= 0.3 is 6.09 Å². The third kappa shape index (κ3) is 8.12. The molecule has 3 aliphatic rings. The smallest absolute Gasteiger partial charge is 0.408 e. The second kappa shape index (κ2) is 14.9. The number of ether oxygens (including phenoxy) is 1. The Balaban J connectivity index is 1.40. The Kier molecular flexibility index (Phi) is 11.1. The minimum Gasteiger partial charge on any atom is -0.440 e. The third-order valence-electron chi connectivity index (χ3n) is 10.5. The molecule has 46 heavy (non-hydrogen) atoms. The number of hydrogen-bond donors (Lipinski definition) is 4. The van der Waals surface area contributed by atoms with E-state index in [2.05, 4.69) is 28.1 Å². The average molecular weight is 652 g/mol. The van der Waals surface area contributed by atoms with Crippen LogP contribution in [-0.2, 0) is 32.6 Å². The number of amides is 2. The molecule has 4 N–H and O–H groups in total. The predicted octanol–water partition coefficient (Wildman–Crippen LogP) is 6.30. The maximum Gasteiger partial charge on any atom is 0.408 e. The van der Waals surface area contributed by atoms with Gasteiger partial charge < -0.3 is 25.3 Å². The van der Waals surface area contributed by atoms with Crippen LogP contribution in [-0.4, -0.2) is 47.7 Å². The highest BCUT2D eigenvalue weighted by atomic mass is 35.5. The first-order chi connectivity index (χ1) is 22.0. The highest BCUT2D eigenvalue weighted by molar-refractivity contribution is 6.30. The van der Waals surface area contributed by atoms with Crippen LogP contribution in [0.2, 0.25) is 5.02 Å². The number of fused-ring (bicyclic) bond motifs is 1. The maximum atomic E-state index is 14.0. The molecule has 8 nitrogen and oxygen atoms in total. The minimum absolute atomic E-state index is 0.139. The first kappa shape index (κ1) is 34.4. The van der Waals surface area contributed by atoms with Crippen LogP contribution in [0.3, 0.4) is 0 Å². The Morgan fingerprint density at radius 2 is 1.80 bits per heavy atom. The van der Waals surface area contributed by atoms with Crippen LogP contribution in [0, 0.1) is 11.8 Å². The van der Waals surface area contributed by atoms with Crippen molar-refractivity contribution in [3.8, 4) is 0 Å². The van der Waals surface area contributed by atoms with Crippen molar-refractivity contribution in [3.05, 3.63) is 69.7 Å². The number of aryl methyl sites for hydroxylation is 2. The van der Waals surface area contributed by atoms with Crippen LogP contribution < -0.4 is 16.0 Å². The van der Waals surface area contributed by atoms with Gasteiger partial charge in [-0.1, -0.05) is 87.9 Å². The summed E-state index contributed by atoms with van der Waals surface area (Å²) in [6.45, 7) is 6.48. The molecular weight excluding hydrogens is 602 g/mol. The van der Waals surface area contributed by atoms with Crippen molar-refractivity contribution in [2.75, 3.05) is 6.54 Å². The predicted molar refractivity (Wildman–Crippen MR) is 180 cm³/mol. The Labute approximate surface area is 278 Å². The van der Waals surface area contributed by atoms with E-state index in [1.54, 1.807) is 6.92 Å². The van der Waals surface area contributed by atoms with E-state index in [-0.39, 0.29) is 11.8 Å². The monoisotopic (exact) mass is 651 g/mol. The molecule has 2 fully saturated rings. The molecule has 1 saturated heterocycles. The lowest BCUT2D eigenvalue weighted by Crippen LogP contribution is -2.60. The van der Waals surface area contributed by atoms with E-state index >= 15 is 0 Å². The maximum absolute atomic E-state index is 14.0. The van der Waals surface area contributed by atoms with E-state index in [0.717, 1.165) is 68.8 Å². The zero-order valence-corrected chi connectivity index (χ0v) is 28.2. The molecule has 0 aromatic heterocycles. The van der Waals surface area contributed by atoms with Gasteiger partial charge in [-0.2, -0.15) is 0 Å². The van der Waals surface area contributed by atoms with E-state index in [4.69, 9.17) is 16.3 Å². The van der Waals surface area contributed by atoms with Gasteiger partial charge in [0.05, 0.1) is 6.04 Å². The molecule has 2 aromatic rings. The lowest BCUT2D eigenvalue weighted by Gasteiger charge is -2.38. The first-order valence-corrected chi connectivity index (χ1v) is 17.4. The van der Waals surface area contributed by atoms with E-state index < -0.39 is 41.3 Å². The van der Waals surface area contributed by atoms with Gasteiger partial charge in [0.25, 0.3) is 0 Å². The van der Waals surface area contributed by atoms with Crippen molar-refractivity contribution in [2.45, 2.75) is 121 Å². The summed E-state index contributed by atoms with van der Waals surface area (Å²) >= 11 is 6.41. The van der Waals surface area contributed by atoms with Crippen molar-refractivity contribution >= 4 is 29.9 Å². The lowest BCUT2D eigenvalue weighted by atomic mass is 9.76. The molecule has 1 saturated carbocycles. The largest absolute Gasteiger partial charge is 0.440 e. The molecule has 0 bridgehead atoms. The Bertz CT molecular complexity index is 1390. The van der Waals surface area contributed by atoms with Gasteiger partial charge in [0.2, 0.25) is 5.91 Å². The summed E-state index contributed by atoms with van der Waals surface area (Å²) in [7, 11) is 0. The van der Waals surface area contributed by atoms with Crippen LogP contribution in [0.5, 0.6) is 0 Å². The topological polar surface area (TPSA) is 117 Å². The highest BCUT2D eigenvalue weighted by Gasteiger charge is 2.42. The number of alkyl carbamates (subject to hydrolysis) is 1. The number of halogens is 1. The van der Waals surface area contributed by atoms with Crippen LogP contribution >= 0.6 is 11.6 Å². The van der Waals surface area contributed by atoms with Crippen LogP contribution in [0.15, 0.2) is 42.5 Å². The molecular formula is C37H50ClN3O5. The number of nitrogens with one attached hydrogen (secondary N) is 3. The van der Waals surface area contributed by atoms with Gasteiger partial charge in [0.15, 0.2) is 0 Å². The number of rotatable bonds is 12. The number of aldehydes is 1.